The van der Waals surface area contributed by atoms with Crippen molar-refractivity contribution in [1.29, 1.82) is 0 Å². The van der Waals surface area contributed by atoms with Gasteiger partial charge in [0.05, 0.1) is 12.2 Å². The fourth-order valence-electron chi connectivity index (χ4n) is 5.06. The molecule has 0 heterocycles. The summed E-state index contributed by atoms with van der Waals surface area (Å²) in [7, 11) is 0. The van der Waals surface area contributed by atoms with Crippen LogP contribution in [0.5, 0.6) is 5.75 Å². The molecule has 0 radical (unpaired) electrons. The van der Waals surface area contributed by atoms with Crippen LogP contribution >= 0.6 is 0 Å². The zero-order valence-electron chi connectivity index (χ0n) is 31.7. The molecular formula is C41H50F2O11. The molecule has 2 aromatic carbocycles. The molecule has 0 aliphatic carbocycles. The number of Topliss-reactive ketones (excluding diaryl/α,β-unsaturated/α-hetero) is 2. The topological polar surface area (TPSA) is 149 Å². The van der Waals surface area contributed by atoms with Crippen LogP contribution in [0.2, 0.25) is 0 Å². The van der Waals surface area contributed by atoms with E-state index in [0.29, 0.717) is 17.5 Å². The van der Waals surface area contributed by atoms with E-state index in [4.69, 9.17) is 23.7 Å². The Morgan fingerprint density at radius 1 is 0.630 bits per heavy atom. The van der Waals surface area contributed by atoms with Gasteiger partial charge in [-0.1, -0.05) is 51.8 Å². The van der Waals surface area contributed by atoms with Crippen LogP contribution in [-0.2, 0) is 60.6 Å². The van der Waals surface area contributed by atoms with Gasteiger partial charge in [0.25, 0.3) is 0 Å². The van der Waals surface area contributed by atoms with E-state index in [1.165, 1.54) is 44.2 Å². The van der Waals surface area contributed by atoms with E-state index in [0.717, 1.165) is 46.0 Å². The van der Waals surface area contributed by atoms with E-state index in [1.807, 2.05) is 0 Å². The lowest BCUT2D eigenvalue weighted by atomic mass is 9.91. The average Bonchev–Trinajstić information content (AvgIpc) is 3.12. The van der Waals surface area contributed by atoms with Crippen LogP contribution in [0, 0.1) is 17.0 Å². The highest BCUT2D eigenvalue weighted by Crippen LogP contribution is 2.33. The third kappa shape index (κ3) is 14.7. The number of hydrogen-bond acceptors (Lipinski definition) is 11. The van der Waals surface area contributed by atoms with Crippen LogP contribution in [0.3, 0.4) is 0 Å². The number of hydrogen-bond donors (Lipinski definition) is 0. The Balaban J connectivity index is 2.54. The van der Waals surface area contributed by atoms with Crippen LogP contribution in [-0.4, -0.2) is 68.5 Å². The lowest BCUT2D eigenvalue weighted by Crippen LogP contribution is -2.45. The van der Waals surface area contributed by atoms with E-state index < -0.39 is 78.9 Å². The number of aryl methyl sites for hydroxylation is 2. The number of ether oxygens (including phenoxy) is 5. The highest BCUT2D eigenvalue weighted by molar-refractivity contribution is 6.32. The van der Waals surface area contributed by atoms with Gasteiger partial charge in [-0.15, -0.1) is 0 Å². The molecule has 0 atom stereocenters. The molecule has 0 aliphatic rings. The second-order valence-electron chi connectivity index (χ2n) is 13.4. The van der Waals surface area contributed by atoms with Gasteiger partial charge in [0.2, 0.25) is 11.6 Å². The van der Waals surface area contributed by atoms with Crippen molar-refractivity contribution in [1.82, 2.24) is 0 Å². The molecule has 0 saturated carbocycles. The van der Waals surface area contributed by atoms with Crippen molar-refractivity contribution < 1.29 is 61.2 Å². The van der Waals surface area contributed by atoms with E-state index in [1.54, 1.807) is 0 Å². The molecule has 0 spiro atoms. The molecular weight excluding hydrogens is 706 g/mol. The number of carbonyl (C=O) groups is 6. The van der Waals surface area contributed by atoms with Crippen molar-refractivity contribution in [2.24, 2.45) is 5.41 Å². The minimum absolute atomic E-state index is 0.0200. The van der Waals surface area contributed by atoms with Crippen molar-refractivity contribution in [2.75, 3.05) is 33.0 Å². The maximum Gasteiger partial charge on any atom is 0.374 e. The Kier molecular flexibility index (Phi) is 18.4. The standard InChI is InChI=1S/C41H50F2O11/c1-8-9-10-11-12-14-30-19-33(42)36(34(43)20-30)32-16-17-35(31(21-32)15-13-18-50-37(46)26(2)3)51-22-41(23-52-38(47)27(4)5,24-53-39(48)28(6)44)25-54-40(49)29(7)45/h16-17,19-21H,2,4,8-15,18,22-25H2,1,3,5-7H3. The number of unbranched alkanes of at least 4 members (excludes halogenated alkanes) is 4. The summed E-state index contributed by atoms with van der Waals surface area (Å²) in [6, 6.07) is 7.07. The first-order valence-electron chi connectivity index (χ1n) is 17.7. The maximum atomic E-state index is 15.5. The van der Waals surface area contributed by atoms with Crippen molar-refractivity contribution in [3.8, 4) is 16.9 Å². The molecule has 0 fully saturated rings. The summed E-state index contributed by atoms with van der Waals surface area (Å²) in [6.07, 6.45) is 5.98. The number of benzene rings is 2. The number of rotatable bonds is 24. The summed E-state index contributed by atoms with van der Waals surface area (Å²) in [6.45, 7) is 11.6. The van der Waals surface area contributed by atoms with Gasteiger partial charge < -0.3 is 23.7 Å². The molecule has 294 valence electrons. The van der Waals surface area contributed by atoms with Gasteiger partial charge in [-0.2, -0.15) is 0 Å². The number of halogens is 2. The zero-order valence-corrected chi connectivity index (χ0v) is 31.7. The number of carbonyl (C=O) groups excluding carboxylic acids is 6. The highest BCUT2D eigenvalue weighted by atomic mass is 19.1. The third-order valence-corrected chi connectivity index (χ3v) is 8.18. The second kappa shape index (κ2) is 22.1. The van der Waals surface area contributed by atoms with Crippen LogP contribution in [0.25, 0.3) is 11.1 Å². The Hall–Kier alpha value is -5.20. The van der Waals surface area contributed by atoms with E-state index >= 15 is 8.78 Å². The van der Waals surface area contributed by atoms with Gasteiger partial charge in [-0.25, -0.2) is 28.0 Å². The Bertz CT molecular complexity index is 1620. The van der Waals surface area contributed by atoms with Crippen molar-refractivity contribution >= 4 is 35.4 Å². The summed E-state index contributed by atoms with van der Waals surface area (Å²) >= 11 is 0. The van der Waals surface area contributed by atoms with Gasteiger partial charge in [0.15, 0.2) is 0 Å². The summed E-state index contributed by atoms with van der Waals surface area (Å²) in [5.41, 5.74) is -0.519. The molecule has 11 nitrogen and oxygen atoms in total. The highest BCUT2D eigenvalue weighted by Gasteiger charge is 2.38. The van der Waals surface area contributed by atoms with E-state index in [2.05, 4.69) is 20.1 Å². The van der Waals surface area contributed by atoms with Crippen LogP contribution in [0.15, 0.2) is 54.6 Å². The summed E-state index contributed by atoms with van der Waals surface area (Å²) < 4.78 is 58.1. The third-order valence-electron chi connectivity index (χ3n) is 8.18. The maximum absolute atomic E-state index is 15.5. The van der Waals surface area contributed by atoms with Gasteiger partial charge in [-0.05, 0) is 80.5 Å². The summed E-state index contributed by atoms with van der Waals surface area (Å²) in [5, 5.41) is 0. The SMILES string of the molecule is C=C(C)C(=O)OCCCc1cc(-c2c(F)cc(CCCCCCC)cc2F)ccc1OCC(COC(=O)C(=C)C)(COC(=O)C(C)=O)COC(=O)C(C)=O. The molecule has 54 heavy (non-hydrogen) atoms. The molecule has 0 bridgehead atoms. The Morgan fingerprint density at radius 3 is 1.67 bits per heavy atom. The molecule has 0 saturated heterocycles. The van der Waals surface area contributed by atoms with Crippen molar-refractivity contribution in [3.63, 3.8) is 0 Å². The Morgan fingerprint density at radius 2 is 1.15 bits per heavy atom. The first kappa shape index (κ1) is 45.0. The molecule has 0 unspecified atom stereocenters. The van der Waals surface area contributed by atoms with Crippen LogP contribution in [0.1, 0.15) is 84.3 Å². The predicted molar refractivity (Wildman–Crippen MR) is 195 cm³/mol. The molecule has 0 N–H and O–H groups in total. The Labute approximate surface area is 315 Å². The predicted octanol–water partition coefficient (Wildman–Crippen LogP) is 6.95. The van der Waals surface area contributed by atoms with Crippen LogP contribution in [0.4, 0.5) is 8.78 Å². The second-order valence-corrected chi connectivity index (χ2v) is 13.4. The monoisotopic (exact) mass is 756 g/mol. The first-order chi connectivity index (χ1) is 25.5. The molecule has 13 heteroatoms. The number of esters is 4. The average molecular weight is 757 g/mol. The molecule has 0 aliphatic heterocycles. The quantitative estimate of drug-likeness (QED) is 0.0360. The largest absolute Gasteiger partial charge is 0.492 e. The van der Waals surface area contributed by atoms with Gasteiger partial charge in [-0.3, -0.25) is 9.59 Å². The molecule has 2 rings (SSSR count). The van der Waals surface area contributed by atoms with Gasteiger partial charge in [0, 0.05) is 25.0 Å². The normalized spacial score (nSPS) is 10.9. The fraction of sp³-hybridized carbons (Fsp3) is 0.463. The van der Waals surface area contributed by atoms with Crippen LogP contribution < -0.4 is 4.74 Å². The zero-order chi connectivity index (χ0) is 40.4. The van der Waals surface area contributed by atoms with E-state index in [-0.39, 0.29) is 47.5 Å². The molecule has 2 aromatic rings. The lowest BCUT2D eigenvalue weighted by Gasteiger charge is -2.32. The fourth-order valence-corrected chi connectivity index (χ4v) is 5.06. The smallest absolute Gasteiger partial charge is 0.374 e. The molecule has 0 aromatic heterocycles. The summed E-state index contributed by atoms with van der Waals surface area (Å²) in [4.78, 5) is 72.1. The minimum atomic E-state index is -1.67. The number of ketones is 2. The van der Waals surface area contributed by atoms with E-state index in [9.17, 15) is 28.8 Å². The lowest BCUT2D eigenvalue weighted by molar-refractivity contribution is -0.168. The first-order valence-corrected chi connectivity index (χ1v) is 17.7. The minimum Gasteiger partial charge on any atom is -0.492 e. The summed E-state index contributed by atoms with van der Waals surface area (Å²) in [5.74, 6) is -7.09. The van der Waals surface area contributed by atoms with Crippen molar-refractivity contribution in [2.45, 2.75) is 86.0 Å². The molecule has 0 amide bonds. The van der Waals surface area contributed by atoms with Gasteiger partial charge >= 0.3 is 23.9 Å². The van der Waals surface area contributed by atoms with Crippen molar-refractivity contribution in [3.05, 3.63) is 77.4 Å². The van der Waals surface area contributed by atoms with Gasteiger partial charge in [0.1, 0.15) is 49.2 Å².